The summed E-state index contributed by atoms with van der Waals surface area (Å²) in [6.07, 6.45) is 4.79. The number of nitrogens with zero attached hydrogens (tertiary/aromatic N) is 3. The molecule has 6 nitrogen and oxygen atoms in total. The van der Waals surface area contributed by atoms with Crippen molar-refractivity contribution in [2.75, 3.05) is 7.05 Å². The van der Waals surface area contributed by atoms with Gasteiger partial charge in [0, 0.05) is 41.0 Å². The Balaban J connectivity index is 1.44. The summed E-state index contributed by atoms with van der Waals surface area (Å²) in [5.74, 6) is 0.0840. The monoisotopic (exact) mass is 419 g/mol. The van der Waals surface area contributed by atoms with Gasteiger partial charge in [0.25, 0.3) is 0 Å². The standard InChI is InChI=1S/C23H21N3O3S/c1-15-17-5-3-4-6-18(17)30-19(15)14-25(2)21(27)10-8-16-7-9-20(24-13-16)26-22(28)11-12-23(26)29/h3-13,28-29H,14H2,1-2H3. The van der Waals surface area contributed by atoms with E-state index >= 15 is 0 Å². The van der Waals surface area contributed by atoms with Gasteiger partial charge in [-0.25, -0.2) is 9.55 Å². The number of fused-ring (bicyclic) bond motifs is 1. The van der Waals surface area contributed by atoms with Gasteiger partial charge in [0.15, 0.2) is 11.8 Å². The van der Waals surface area contributed by atoms with Gasteiger partial charge in [0.1, 0.15) is 5.82 Å². The summed E-state index contributed by atoms with van der Waals surface area (Å²) in [5, 5.41) is 20.8. The second-order valence-corrected chi connectivity index (χ2v) is 8.15. The number of carbonyl (C=O) groups is 1. The first-order valence-electron chi connectivity index (χ1n) is 9.40. The maximum absolute atomic E-state index is 12.5. The van der Waals surface area contributed by atoms with Crippen molar-refractivity contribution in [2.45, 2.75) is 13.5 Å². The van der Waals surface area contributed by atoms with E-state index in [4.69, 9.17) is 0 Å². The largest absolute Gasteiger partial charge is 0.494 e. The Bertz CT molecular complexity index is 1220. The van der Waals surface area contributed by atoms with Crippen LogP contribution in [0.15, 0.2) is 60.8 Å². The van der Waals surface area contributed by atoms with Gasteiger partial charge in [0.2, 0.25) is 5.91 Å². The van der Waals surface area contributed by atoms with Crippen molar-refractivity contribution in [1.29, 1.82) is 0 Å². The van der Waals surface area contributed by atoms with Crippen LogP contribution in [0, 0.1) is 6.92 Å². The molecule has 0 bridgehead atoms. The van der Waals surface area contributed by atoms with Gasteiger partial charge < -0.3 is 15.1 Å². The first-order chi connectivity index (χ1) is 14.4. The first kappa shape index (κ1) is 19.7. The highest BCUT2D eigenvalue weighted by Crippen LogP contribution is 2.31. The van der Waals surface area contributed by atoms with Crippen molar-refractivity contribution in [3.05, 3.63) is 76.8 Å². The molecule has 0 aliphatic heterocycles. The molecule has 1 amide bonds. The molecule has 152 valence electrons. The number of hydrogen-bond acceptors (Lipinski definition) is 5. The fraction of sp³-hybridized carbons (Fsp3) is 0.130. The highest BCUT2D eigenvalue weighted by Gasteiger charge is 2.13. The summed E-state index contributed by atoms with van der Waals surface area (Å²) in [6.45, 7) is 2.65. The third-order valence-electron chi connectivity index (χ3n) is 4.96. The Morgan fingerprint density at radius 1 is 1.13 bits per heavy atom. The molecule has 30 heavy (non-hydrogen) atoms. The van der Waals surface area contributed by atoms with Crippen LogP contribution in [0.3, 0.4) is 0 Å². The minimum absolute atomic E-state index is 0.100. The molecule has 3 aromatic heterocycles. The highest BCUT2D eigenvalue weighted by atomic mass is 32.1. The highest BCUT2D eigenvalue weighted by molar-refractivity contribution is 7.19. The smallest absolute Gasteiger partial charge is 0.246 e. The van der Waals surface area contributed by atoms with E-state index in [0.29, 0.717) is 12.4 Å². The average Bonchev–Trinajstić information content (AvgIpc) is 3.25. The first-order valence-corrected chi connectivity index (χ1v) is 10.2. The molecule has 0 spiro atoms. The molecule has 0 saturated heterocycles. The van der Waals surface area contributed by atoms with Crippen molar-refractivity contribution in [1.82, 2.24) is 14.5 Å². The lowest BCUT2D eigenvalue weighted by atomic mass is 10.1. The fourth-order valence-corrected chi connectivity index (χ4v) is 4.51. The second-order valence-electron chi connectivity index (χ2n) is 7.01. The van der Waals surface area contributed by atoms with Crippen molar-refractivity contribution < 1.29 is 15.0 Å². The number of benzene rings is 1. The van der Waals surface area contributed by atoms with Crippen LogP contribution in [0.2, 0.25) is 0 Å². The Morgan fingerprint density at radius 2 is 1.87 bits per heavy atom. The van der Waals surface area contributed by atoms with Crippen molar-refractivity contribution in [3.8, 4) is 17.6 Å². The van der Waals surface area contributed by atoms with Crippen LogP contribution in [-0.2, 0) is 11.3 Å². The molecular weight excluding hydrogens is 398 g/mol. The SMILES string of the molecule is Cc1c(CN(C)C(=O)C=Cc2ccc(-n3c(O)ccc3O)nc2)sc2ccccc12. The average molecular weight is 420 g/mol. The molecule has 4 rings (SSSR count). The van der Waals surface area contributed by atoms with Gasteiger partial charge >= 0.3 is 0 Å². The summed E-state index contributed by atoms with van der Waals surface area (Å²) in [6, 6.07) is 14.5. The summed E-state index contributed by atoms with van der Waals surface area (Å²) >= 11 is 1.72. The number of hydrogen-bond donors (Lipinski definition) is 2. The predicted molar refractivity (Wildman–Crippen MR) is 119 cm³/mol. The van der Waals surface area contributed by atoms with Crippen molar-refractivity contribution in [3.63, 3.8) is 0 Å². The van der Waals surface area contributed by atoms with Gasteiger partial charge in [-0.15, -0.1) is 11.3 Å². The molecule has 1 aromatic carbocycles. The number of pyridine rings is 1. The van der Waals surface area contributed by atoms with Gasteiger partial charge in [-0.3, -0.25) is 4.79 Å². The Labute approximate surface area is 178 Å². The Kier molecular flexibility index (Phi) is 5.29. The van der Waals surface area contributed by atoms with E-state index in [1.165, 1.54) is 43.3 Å². The molecule has 0 radical (unpaired) electrons. The Hall–Kier alpha value is -3.58. The van der Waals surface area contributed by atoms with Gasteiger partial charge in [0.05, 0.1) is 6.54 Å². The lowest BCUT2D eigenvalue weighted by Crippen LogP contribution is -2.23. The molecule has 0 fully saturated rings. The molecule has 0 unspecified atom stereocenters. The topological polar surface area (TPSA) is 78.6 Å². The van der Waals surface area contributed by atoms with E-state index < -0.39 is 0 Å². The van der Waals surface area contributed by atoms with Gasteiger partial charge in [-0.1, -0.05) is 18.2 Å². The molecule has 0 aliphatic rings. The molecule has 2 N–H and O–H groups in total. The van der Waals surface area contributed by atoms with E-state index in [1.807, 2.05) is 12.1 Å². The summed E-state index contributed by atoms with van der Waals surface area (Å²) in [5.41, 5.74) is 1.96. The third kappa shape index (κ3) is 3.79. The van der Waals surface area contributed by atoms with Crippen molar-refractivity contribution >= 4 is 33.4 Å². The number of aromatic hydroxyl groups is 2. The van der Waals surface area contributed by atoms with Crippen LogP contribution in [-0.4, -0.2) is 37.6 Å². The maximum atomic E-state index is 12.5. The molecule has 7 heteroatoms. The van der Waals surface area contributed by atoms with Crippen molar-refractivity contribution in [2.24, 2.45) is 0 Å². The van der Waals surface area contributed by atoms with Gasteiger partial charge in [-0.05, 0) is 47.7 Å². The molecular formula is C23H21N3O3S. The minimum Gasteiger partial charge on any atom is -0.494 e. The normalized spacial score (nSPS) is 11.4. The number of carbonyl (C=O) groups excluding carboxylic acids is 1. The predicted octanol–water partition coefficient (Wildman–Crippen LogP) is 4.48. The summed E-state index contributed by atoms with van der Waals surface area (Å²) in [7, 11) is 1.79. The molecule has 3 heterocycles. The van der Waals surface area contributed by atoms with E-state index in [9.17, 15) is 15.0 Å². The molecule has 4 aromatic rings. The number of thiophene rings is 1. The second kappa shape index (κ2) is 8.04. The van der Waals surface area contributed by atoms with Crippen LogP contribution < -0.4 is 0 Å². The zero-order valence-corrected chi connectivity index (χ0v) is 17.4. The van der Waals surface area contributed by atoms with E-state index in [-0.39, 0.29) is 17.7 Å². The quantitative estimate of drug-likeness (QED) is 0.468. The number of likely N-dealkylation sites (N-methyl/N-ethyl adjacent to an activating group) is 1. The number of aryl methyl sites for hydroxylation is 1. The summed E-state index contributed by atoms with van der Waals surface area (Å²) < 4.78 is 2.45. The van der Waals surface area contributed by atoms with E-state index in [2.05, 4.69) is 24.0 Å². The lowest BCUT2D eigenvalue weighted by Gasteiger charge is -2.14. The zero-order valence-electron chi connectivity index (χ0n) is 16.6. The zero-order chi connectivity index (χ0) is 21.3. The molecule has 0 aliphatic carbocycles. The lowest BCUT2D eigenvalue weighted by molar-refractivity contribution is -0.125. The Morgan fingerprint density at radius 3 is 2.53 bits per heavy atom. The third-order valence-corrected chi connectivity index (χ3v) is 6.21. The van der Waals surface area contributed by atoms with Crippen LogP contribution in [0.4, 0.5) is 0 Å². The maximum Gasteiger partial charge on any atom is 0.246 e. The number of rotatable bonds is 5. The fourth-order valence-electron chi connectivity index (χ4n) is 3.24. The van der Waals surface area contributed by atoms with Crippen LogP contribution in [0.1, 0.15) is 16.0 Å². The molecule has 0 atom stereocenters. The summed E-state index contributed by atoms with van der Waals surface area (Å²) in [4.78, 5) is 19.6. The van der Waals surface area contributed by atoms with E-state index in [0.717, 1.165) is 5.56 Å². The number of aromatic nitrogens is 2. The van der Waals surface area contributed by atoms with Crippen LogP contribution in [0.25, 0.3) is 22.0 Å². The molecule has 0 saturated carbocycles. The van der Waals surface area contributed by atoms with Gasteiger partial charge in [-0.2, -0.15) is 0 Å². The van der Waals surface area contributed by atoms with Crippen LogP contribution in [0.5, 0.6) is 11.8 Å². The van der Waals surface area contributed by atoms with E-state index in [1.54, 1.807) is 47.7 Å². The minimum atomic E-state index is -0.100. The van der Waals surface area contributed by atoms with Crippen LogP contribution >= 0.6 is 11.3 Å². The number of amides is 1.